The number of H-pyrrole nitrogens is 1. The van der Waals surface area contributed by atoms with Gasteiger partial charge in [-0.1, -0.05) is 12.1 Å². The first kappa shape index (κ1) is 13.6. The van der Waals surface area contributed by atoms with Crippen LogP contribution in [0.4, 0.5) is 0 Å². The van der Waals surface area contributed by atoms with Gasteiger partial charge in [0.2, 0.25) is 6.79 Å². The van der Waals surface area contributed by atoms with E-state index in [1.165, 1.54) is 11.3 Å². The van der Waals surface area contributed by atoms with Crippen LogP contribution < -0.4 is 15.0 Å². The Balaban J connectivity index is 1.93. The van der Waals surface area contributed by atoms with Crippen LogP contribution >= 0.6 is 11.3 Å². The zero-order valence-corrected chi connectivity index (χ0v) is 12.6. The second kappa shape index (κ2) is 5.30. The second-order valence-corrected chi connectivity index (χ2v) is 5.91. The van der Waals surface area contributed by atoms with Crippen LogP contribution in [0.1, 0.15) is 5.56 Å². The molecule has 0 unspecified atom stereocenters. The molecule has 3 heterocycles. The molecule has 4 rings (SSSR count). The lowest BCUT2D eigenvalue weighted by molar-refractivity contribution is 0.174. The van der Waals surface area contributed by atoms with Gasteiger partial charge < -0.3 is 14.5 Å². The summed E-state index contributed by atoms with van der Waals surface area (Å²) in [6.07, 6.45) is 0. The molecule has 1 aromatic carbocycles. The highest BCUT2D eigenvalue weighted by atomic mass is 32.1. The summed E-state index contributed by atoms with van der Waals surface area (Å²) in [5.74, 6) is 1.28. The molecule has 1 aliphatic rings. The molecule has 0 saturated heterocycles. The summed E-state index contributed by atoms with van der Waals surface area (Å²) in [7, 11) is 0. The number of fused-ring (bicyclic) bond motifs is 1. The fourth-order valence-corrected chi connectivity index (χ4v) is 3.22. The molecule has 0 aliphatic carbocycles. The van der Waals surface area contributed by atoms with Crippen LogP contribution in [0.5, 0.6) is 11.5 Å². The summed E-state index contributed by atoms with van der Waals surface area (Å²) < 4.78 is 10.7. The minimum absolute atomic E-state index is 0.0872. The molecule has 1 aliphatic heterocycles. The Morgan fingerprint density at radius 3 is 2.83 bits per heavy atom. The SMILES string of the molecule is N#Cc1c(-c2ccc3c(c2)OCO3)cc(-c2cccs2)[nH]c1=O. The van der Waals surface area contributed by atoms with E-state index >= 15 is 0 Å². The summed E-state index contributed by atoms with van der Waals surface area (Å²) in [6, 6.07) is 13.0. The van der Waals surface area contributed by atoms with Crippen molar-refractivity contribution in [3.8, 4) is 39.3 Å². The van der Waals surface area contributed by atoms with Gasteiger partial charge in [0.1, 0.15) is 11.6 Å². The standard InChI is InChI=1S/C17H10N2O3S/c18-8-12-11(10-3-4-14-15(6-10)22-9-21-14)7-13(19-17(12)20)16-2-1-5-23-16/h1-7H,9H2,(H,19,20). The fourth-order valence-electron chi connectivity index (χ4n) is 2.53. The molecule has 0 fully saturated rings. The number of pyridine rings is 1. The van der Waals surface area contributed by atoms with E-state index in [0.29, 0.717) is 22.8 Å². The number of thiophene rings is 1. The summed E-state index contributed by atoms with van der Waals surface area (Å²) >= 11 is 1.52. The van der Waals surface area contributed by atoms with Gasteiger partial charge in [0.25, 0.3) is 5.56 Å². The molecule has 2 aromatic heterocycles. The van der Waals surface area contributed by atoms with Gasteiger partial charge in [-0.2, -0.15) is 5.26 Å². The fraction of sp³-hybridized carbons (Fsp3) is 0.0588. The Bertz CT molecular complexity index is 984. The summed E-state index contributed by atoms with van der Waals surface area (Å²) in [4.78, 5) is 16.0. The smallest absolute Gasteiger partial charge is 0.266 e. The number of benzene rings is 1. The first-order chi connectivity index (χ1) is 11.3. The highest BCUT2D eigenvalue weighted by Gasteiger charge is 2.17. The molecule has 0 bridgehead atoms. The minimum atomic E-state index is -0.397. The topological polar surface area (TPSA) is 75.1 Å². The van der Waals surface area contributed by atoms with Crippen LogP contribution in [0, 0.1) is 11.3 Å². The van der Waals surface area contributed by atoms with Crippen LogP contribution in [0.3, 0.4) is 0 Å². The van der Waals surface area contributed by atoms with Crippen molar-refractivity contribution < 1.29 is 9.47 Å². The lowest BCUT2D eigenvalue weighted by Crippen LogP contribution is -2.12. The van der Waals surface area contributed by atoms with E-state index in [9.17, 15) is 10.1 Å². The Kier molecular flexibility index (Phi) is 3.14. The minimum Gasteiger partial charge on any atom is -0.454 e. The van der Waals surface area contributed by atoms with Crippen LogP contribution in [-0.4, -0.2) is 11.8 Å². The molecule has 6 heteroatoms. The van der Waals surface area contributed by atoms with Gasteiger partial charge in [-0.15, -0.1) is 11.3 Å². The van der Waals surface area contributed by atoms with Gasteiger partial charge in [0.15, 0.2) is 11.5 Å². The molecule has 0 amide bonds. The van der Waals surface area contributed by atoms with E-state index in [0.717, 1.165) is 10.4 Å². The average Bonchev–Trinajstić information content (AvgIpc) is 3.24. The summed E-state index contributed by atoms with van der Waals surface area (Å²) in [6.45, 7) is 0.180. The maximum Gasteiger partial charge on any atom is 0.266 e. The van der Waals surface area contributed by atoms with Crippen molar-refractivity contribution in [1.82, 2.24) is 4.98 Å². The van der Waals surface area contributed by atoms with E-state index in [-0.39, 0.29) is 12.4 Å². The first-order valence-electron chi connectivity index (χ1n) is 6.87. The number of hydrogen-bond acceptors (Lipinski definition) is 5. The van der Waals surface area contributed by atoms with Gasteiger partial charge in [-0.25, -0.2) is 0 Å². The highest BCUT2D eigenvalue weighted by Crippen LogP contribution is 2.37. The molecule has 1 N–H and O–H groups in total. The van der Waals surface area contributed by atoms with Gasteiger partial charge >= 0.3 is 0 Å². The summed E-state index contributed by atoms with van der Waals surface area (Å²) in [5, 5.41) is 11.3. The Morgan fingerprint density at radius 2 is 2.04 bits per heavy atom. The lowest BCUT2D eigenvalue weighted by Gasteiger charge is -2.07. The van der Waals surface area contributed by atoms with E-state index in [2.05, 4.69) is 4.98 Å². The molecule has 0 saturated carbocycles. The van der Waals surface area contributed by atoms with Crippen molar-refractivity contribution in [2.75, 3.05) is 6.79 Å². The maximum atomic E-state index is 12.3. The third-order valence-electron chi connectivity index (χ3n) is 3.62. The van der Waals surface area contributed by atoms with Crippen LogP contribution in [0.15, 0.2) is 46.6 Å². The Morgan fingerprint density at radius 1 is 1.17 bits per heavy atom. The lowest BCUT2D eigenvalue weighted by atomic mass is 10.00. The van der Waals surface area contributed by atoms with Gasteiger partial charge in [0, 0.05) is 5.56 Å². The number of nitrogens with zero attached hydrogens (tertiary/aromatic N) is 1. The van der Waals surface area contributed by atoms with Crippen LogP contribution in [0.2, 0.25) is 0 Å². The number of hydrogen-bond donors (Lipinski definition) is 1. The van der Waals surface area contributed by atoms with Crippen molar-refractivity contribution >= 4 is 11.3 Å². The van der Waals surface area contributed by atoms with Crippen molar-refractivity contribution in [2.45, 2.75) is 0 Å². The molecular weight excluding hydrogens is 312 g/mol. The second-order valence-electron chi connectivity index (χ2n) is 4.96. The number of nitrogens with one attached hydrogen (secondary N) is 1. The third kappa shape index (κ3) is 2.28. The monoisotopic (exact) mass is 322 g/mol. The summed E-state index contributed by atoms with van der Waals surface area (Å²) in [5.41, 5.74) is 1.71. The maximum absolute atomic E-state index is 12.3. The number of ether oxygens (including phenoxy) is 2. The predicted octanol–water partition coefficient (Wildman–Crippen LogP) is 3.37. The van der Waals surface area contributed by atoms with E-state index in [1.807, 2.05) is 35.7 Å². The van der Waals surface area contributed by atoms with Crippen LogP contribution in [-0.2, 0) is 0 Å². The molecule has 0 atom stereocenters. The molecule has 0 spiro atoms. The number of aromatic nitrogens is 1. The number of aromatic amines is 1. The molecule has 5 nitrogen and oxygen atoms in total. The third-order valence-corrected chi connectivity index (χ3v) is 4.52. The van der Waals surface area contributed by atoms with Crippen molar-refractivity contribution in [1.29, 1.82) is 5.26 Å². The number of rotatable bonds is 2. The molecule has 0 radical (unpaired) electrons. The Hall–Kier alpha value is -3.04. The molecular formula is C17H10N2O3S. The Labute approximate surface area is 135 Å². The number of nitriles is 1. The largest absolute Gasteiger partial charge is 0.454 e. The van der Waals surface area contributed by atoms with Gasteiger partial charge in [0.05, 0.1) is 10.6 Å². The van der Waals surface area contributed by atoms with E-state index in [4.69, 9.17) is 9.47 Å². The zero-order chi connectivity index (χ0) is 15.8. The molecule has 112 valence electrons. The zero-order valence-electron chi connectivity index (χ0n) is 11.8. The predicted molar refractivity (Wildman–Crippen MR) is 86.6 cm³/mol. The van der Waals surface area contributed by atoms with E-state index in [1.54, 1.807) is 12.1 Å². The van der Waals surface area contributed by atoms with Crippen molar-refractivity contribution in [3.05, 3.63) is 57.7 Å². The normalized spacial score (nSPS) is 12.1. The average molecular weight is 322 g/mol. The molecule has 23 heavy (non-hydrogen) atoms. The van der Waals surface area contributed by atoms with E-state index < -0.39 is 5.56 Å². The van der Waals surface area contributed by atoms with Crippen LogP contribution in [0.25, 0.3) is 21.7 Å². The van der Waals surface area contributed by atoms with Crippen molar-refractivity contribution in [2.24, 2.45) is 0 Å². The van der Waals surface area contributed by atoms with Gasteiger partial charge in [-0.3, -0.25) is 4.79 Å². The van der Waals surface area contributed by atoms with Crippen molar-refractivity contribution in [3.63, 3.8) is 0 Å². The quantitative estimate of drug-likeness (QED) is 0.785. The van der Waals surface area contributed by atoms with Gasteiger partial charge in [-0.05, 0) is 35.2 Å². The highest BCUT2D eigenvalue weighted by molar-refractivity contribution is 7.13. The molecule has 3 aromatic rings. The first-order valence-corrected chi connectivity index (χ1v) is 7.75.